The Morgan fingerprint density at radius 3 is 3.09 bits per heavy atom. The Labute approximate surface area is 135 Å². The molecule has 2 N–H and O–H groups in total. The average Bonchev–Trinajstić information content (AvgIpc) is 3.20. The molecule has 1 aliphatic rings. The Balaban J connectivity index is 1.57. The molecule has 8 nitrogen and oxygen atoms in total. The first-order chi connectivity index (χ1) is 11.2. The Kier molecular flexibility index (Phi) is 4.59. The predicted octanol–water partition coefficient (Wildman–Crippen LogP) is 1.07. The lowest BCUT2D eigenvalue weighted by Gasteiger charge is -2.25. The summed E-state index contributed by atoms with van der Waals surface area (Å²) < 4.78 is 6.84. The molecule has 0 aliphatic carbocycles. The quantitative estimate of drug-likeness (QED) is 0.647. The van der Waals surface area contributed by atoms with Gasteiger partial charge in [0.2, 0.25) is 0 Å². The smallest absolute Gasteiger partial charge is 0.191 e. The van der Waals surface area contributed by atoms with Gasteiger partial charge in [0.15, 0.2) is 11.8 Å². The van der Waals surface area contributed by atoms with Crippen LogP contribution in [0.2, 0.25) is 0 Å². The zero-order valence-corrected chi connectivity index (χ0v) is 13.8. The molecule has 8 heteroatoms. The number of hydrogen-bond acceptors (Lipinski definition) is 5. The number of hydrogen-bond donors (Lipinski definition) is 2. The highest BCUT2D eigenvalue weighted by Gasteiger charge is 2.23. The van der Waals surface area contributed by atoms with Gasteiger partial charge >= 0.3 is 0 Å². The first-order valence-electron chi connectivity index (χ1n) is 7.95. The van der Waals surface area contributed by atoms with Crippen LogP contribution < -0.4 is 10.6 Å². The minimum atomic E-state index is 0.285. The first-order valence-corrected chi connectivity index (χ1v) is 7.95. The minimum absolute atomic E-state index is 0.285. The van der Waals surface area contributed by atoms with Crippen molar-refractivity contribution in [1.82, 2.24) is 30.6 Å². The molecule has 124 valence electrons. The number of aryl methyl sites for hydroxylation is 1. The van der Waals surface area contributed by atoms with Crippen molar-refractivity contribution >= 4 is 5.96 Å². The predicted molar refractivity (Wildman–Crippen MR) is 86.1 cm³/mol. The van der Waals surface area contributed by atoms with Gasteiger partial charge in [-0.05, 0) is 6.42 Å². The van der Waals surface area contributed by atoms with E-state index in [9.17, 15) is 0 Å². The highest BCUT2D eigenvalue weighted by atomic mass is 16.5. The number of nitrogens with zero attached hydrogens (tertiary/aromatic N) is 5. The molecule has 0 amide bonds. The topological polar surface area (TPSA) is 93.2 Å². The van der Waals surface area contributed by atoms with Gasteiger partial charge in [-0.3, -0.25) is 4.99 Å². The van der Waals surface area contributed by atoms with Crippen molar-refractivity contribution in [3.63, 3.8) is 0 Å². The van der Waals surface area contributed by atoms with E-state index in [2.05, 4.69) is 44.7 Å². The van der Waals surface area contributed by atoms with Crippen molar-refractivity contribution in [3.8, 4) is 0 Å². The zero-order chi connectivity index (χ0) is 16.2. The SMILES string of the molecule is CN=C(NCc1ccon1)NC1CCc2nc(C(C)C)nn2C1. The maximum atomic E-state index is 4.82. The van der Waals surface area contributed by atoms with Crippen LogP contribution in [0.25, 0.3) is 0 Å². The Morgan fingerprint density at radius 1 is 1.52 bits per heavy atom. The van der Waals surface area contributed by atoms with Crippen molar-refractivity contribution < 1.29 is 4.52 Å². The Bertz CT molecular complexity index is 659. The summed E-state index contributed by atoms with van der Waals surface area (Å²) in [6.07, 6.45) is 3.51. The van der Waals surface area contributed by atoms with E-state index in [0.717, 1.165) is 42.7 Å². The molecule has 3 heterocycles. The van der Waals surface area contributed by atoms with Crippen LogP contribution in [0, 0.1) is 0 Å². The van der Waals surface area contributed by atoms with Crippen molar-refractivity contribution in [1.29, 1.82) is 0 Å². The molecule has 0 saturated carbocycles. The summed E-state index contributed by atoms with van der Waals surface area (Å²) in [7, 11) is 1.76. The van der Waals surface area contributed by atoms with Crippen LogP contribution in [-0.4, -0.2) is 39.0 Å². The lowest BCUT2D eigenvalue weighted by atomic mass is 10.1. The Morgan fingerprint density at radius 2 is 2.39 bits per heavy atom. The molecule has 0 bridgehead atoms. The van der Waals surface area contributed by atoms with Gasteiger partial charge < -0.3 is 15.2 Å². The molecule has 0 saturated heterocycles. The summed E-state index contributed by atoms with van der Waals surface area (Å²) in [5.74, 6) is 3.12. The second-order valence-electron chi connectivity index (χ2n) is 6.02. The number of guanidine groups is 1. The van der Waals surface area contributed by atoms with Crippen LogP contribution in [0.3, 0.4) is 0 Å². The van der Waals surface area contributed by atoms with E-state index < -0.39 is 0 Å². The van der Waals surface area contributed by atoms with Crippen LogP contribution in [-0.2, 0) is 19.5 Å². The maximum Gasteiger partial charge on any atom is 0.191 e. The number of aromatic nitrogens is 4. The minimum Gasteiger partial charge on any atom is -0.364 e. The standard InChI is InChI=1S/C15H23N7O/c1-10(2)14-19-13-5-4-12(9-22(13)20-14)18-15(16-3)17-8-11-6-7-23-21-11/h6-7,10,12H,4-5,8-9H2,1-3H3,(H2,16,17,18). The molecule has 0 radical (unpaired) electrons. The normalized spacial score (nSPS) is 18.1. The second-order valence-corrected chi connectivity index (χ2v) is 6.02. The Hall–Kier alpha value is -2.38. The van der Waals surface area contributed by atoms with Gasteiger partial charge in [0.05, 0.1) is 13.1 Å². The van der Waals surface area contributed by atoms with E-state index in [1.807, 2.05) is 10.7 Å². The molecular formula is C15H23N7O. The molecule has 23 heavy (non-hydrogen) atoms. The van der Waals surface area contributed by atoms with Crippen molar-refractivity contribution in [3.05, 3.63) is 29.7 Å². The highest BCUT2D eigenvalue weighted by molar-refractivity contribution is 5.79. The molecule has 3 rings (SSSR count). The zero-order valence-electron chi connectivity index (χ0n) is 13.8. The summed E-state index contributed by atoms with van der Waals surface area (Å²) >= 11 is 0. The molecule has 2 aromatic heterocycles. The van der Waals surface area contributed by atoms with Crippen molar-refractivity contribution in [2.24, 2.45) is 4.99 Å². The fourth-order valence-corrected chi connectivity index (χ4v) is 2.58. The van der Waals surface area contributed by atoms with Crippen molar-refractivity contribution in [2.75, 3.05) is 7.05 Å². The summed E-state index contributed by atoms with van der Waals surface area (Å²) in [6.45, 7) is 5.62. The van der Waals surface area contributed by atoms with Gasteiger partial charge in [-0.1, -0.05) is 19.0 Å². The summed E-state index contributed by atoms with van der Waals surface area (Å²) in [4.78, 5) is 8.88. The molecular weight excluding hydrogens is 294 g/mol. The van der Waals surface area contributed by atoms with E-state index in [4.69, 9.17) is 4.52 Å². The molecule has 0 fully saturated rings. The third-order valence-electron chi connectivity index (χ3n) is 3.88. The van der Waals surface area contributed by atoms with Gasteiger partial charge in [0.1, 0.15) is 17.8 Å². The number of aliphatic imine (C=N–C) groups is 1. The fraction of sp³-hybridized carbons (Fsp3) is 0.600. The van der Waals surface area contributed by atoms with Gasteiger partial charge in [0, 0.05) is 31.5 Å². The number of rotatable bonds is 4. The van der Waals surface area contributed by atoms with E-state index in [1.165, 1.54) is 0 Å². The van der Waals surface area contributed by atoms with Crippen LogP contribution in [0.4, 0.5) is 0 Å². The summed E-state index contributed by atoms with van der Waals surface area (Å²) in [5, 5.41) is 15.2. The summed E-state index contributed by atoms with van der Waals surface area (Å²) in [5.41, 5.74) is 0.844. The van der Waals surface area contributed by atoms with E-state index >= 15 is 0 Å². The lowest BCUT2D eigenvalue weighted by Crippen LogP contribution is -2.46. The highest BCUT2D eigenvalue weighted by Crippen LogP contribution is 2.16. The molecule has 1 aliphatic heterocycles. The van der Waals surface area contributed by atoms with Gasteiger partial charge in [-0.25, -0.2) is 9.67 Å². The van der Waals surface area contributed by atoms with Crippen LogP contribution in [0.5, 0.6) is 0 Å². The number of fused-ring (bicyclic) bond motifs is 1. The average molecular weight is 317 g/mol. The van der Waals surface area contributed by atoms with Crippen LogP contribution in [0.1, 0.15) is 43.5 Å². The van der Waals surface area contributed by atoms with Gasteiger partial charge in [-0.2, -0.15) is 5.10 Å². The fourth-order valence-electron chi connectivity index (χ4n) is 2.58. The van der Waals surface area contributed by atoms with E-state index in [0.29, 0.717) is 12.5 Å². The second kappa shape index (κ2) is 6.80. The van der Waals surface area contributed by atoms with Gasteiger partial charge in [0.25, 0.3) is 0 Å². The molecule has 1 atom stereocenters. The maximum absolute atomic E-state index is 4.82. The van der Waals surface area contributed by atoms with E-state index in [1.54, 1.807) is 13.3 Å². The third-order valence-corrected chi connectivity index (χ3v) is 3.88. The van der Waals surface area contributed by atoms with Crippen LogP contribution in [0.15, 0.2) is 21.8 Å². The monoisotopic (exact) mass is 317 g/mol. The van der Waals surface area contributed by atoms with Gasteiger partial charge in [-0.15, -0.1) is 0 Å². The largest absolute Gasteiger partial charge is 0.364 e. The molecule has 0 aromatic carbocycles. The number of nitrogens with one attached hydrogen (secondary N) is 2. The molecule has 1 unspecified atom stereocenters. The van der Waals surface area contributed by atoms with E-state index in [-0.39, 0.29) is 6.04 Å². The third kappa shape index (κ3) is 3.69. The lowest BCUT2D eigenvalue weighted by molar-refractivity contribution is 0.390. The summed E-state index contributed by atoms with van der Waals surface area (Å²) in [6, 6.07) is 2.11. The molecule has 2 aromatic rings. The van der Waals surface area contributed by atoms with Crippen LogP contribution >= 0.6 is 0 Å². The van der Waals surface area contributed by atoms with Crippen molar-refractivity contribution in [2.45, 2.75) is 51.7 Å². The first kappa shape index (κ1) is 15.5. The molecule has 0 spiro atoms.